The van der Waals surface area contributed by atoms with E-state index >= 15 is 0 Å². The van der Waals surface area contributed by atoms with Crippen LogP contribution in [0.25, 0.3) is 11.0 Å². The minimum absolute atomic E-state index is 0.0228. The van der Waals surface area contributed by atoms with Gasteiger partial charge in [-0.15, -0.1) is 0 Å². The van der Waals surface area contributed by atoms with E-state index in [0.29, 0.717) is 43.3 Å². The Morgan fingerprint density at radius 1 is 1.06 bits per heavy atom. The molecule has 1 aromatic heterocycles. The van der Waals surface area contributed by atoms with Gasteiger partial charge in [-0.25, -0.2) is 13.4 Å². The van der Waals surface area contributed by atoms with Gasteiger partial charge in [-0.2, -0.15) is 4.31 Å². The van der Waals surface area contributed by atoms with Crippen molar-refractivity contribution in [1.82, 2.24) is 18.8 Å². The summed E-state index contributed by atoms with van der Waals surface area (Å²) in [6, 6.07) is 15.6. The van der Waals surface area contributed by atoms with E-state index in [0.717, 1.165) is 31.0 Å². The van der Waals surface area contributed by atoms with Crippen LogP contribution in [0.3, 0.4) is 0 Å². The smallest absolute Gasteiger partial charge is 0.243 e. The minimum Gasteiger partial charge on any atom is -0.379 e. The monoisotopic (exact) mass is 484 g/mol. The molecule has 5 rings (SSSR count). The fourth-order valence-electron chi connectivity index (χ4n) is 4.95. The quantitative estimate of drug-likeness (QED) is 0.535. The van der Waals surface area contributed by atoms with Crippen LogP contribution < -0.4 is 0 Å². The van der Waals surface area contributed by atoms with Gasteiger partial charge in [0.05, 0.1) is 47.9 Å². The number of hydrogen-bond donors (Lipinski definition) is 0. The highest BCUT2D eigenvalue weighted by Crippen LogP contribution is 2.28. The minimum atomic E-state index is -3.56. The van der Waals surface area contributed by atoms with Crippen LogP contribution in [-0.4, -0.2) is 72.7 Å². The number of ether oxygens (including phenoxy) is 2. The van der Waals surface area contributed by atoms with Crippen molar-refractivity contribution in [3.8, 4) is 0 Å². The maximum absolute atomic E-state index is 13.1. The number of nitrogens with zero attached hydrogens (tertiary/aromatic N) is 4. The molecule has 34 heavy (non-hydrogen) atoms. The Labute approximate surface area is 201 Å². The van der Waals surface area contributed by atoms with Crippen molar-refractivity contribution in [2.45, 2.75) is 44.0 Å². The van der Waals surface area contributed by atoms with Crippen LogP contribution in [0, 0.1) is 0 Å². The van der Waals surface area contributed by atoms with Crippen molar-refractivity contribution in [2.24, 2.45) is 0 Å². The van der Waals surface area contributed by atoms with Crippen LogP contribution >= 0.6 is 0 Å². The van der Waals surface area contributed by atoms with Crippen molar-refractivity contribution in [2.75, 3.05) is 39.4 Å². The first kappa shape index (κ1) is 23.4. The lowest BCUT2D eigenvalue weighted by atomic mass is 10.1. The van der Waals surface area contributed by atoms with Gasteiger partial charge < -0.3 is 14.0 Å². The second-order valence-electron chi connectivity index (χ2n) is 8.98. The molecule has 2 aliphatic rings. The van der Waals surface area contributed by atoms with Gasteiger partial charge in [0, 0.05) is 32.7 Å². The van der Waals surface area contributed by atoms with Crippen LogP contribution in [0.15, 0.2) is 53.4 Å². The zero-order valence-corrected chi connectivity index (χ0v) is 20.6. The molecule has 0 saturated carbocycles. The number of hydrogen-bond acceptors (Lipinski definition) is 6. The Morgan fingerprint density at radius 2 is 1.82 bits per heavy atom. The van der Waals surface area contributed by atoms with Gasteiger partial charge in [0.25, 0.3) is 0 Å². The molecular weight excluding hydrogens is 452 g/mol. The first-order valence-corrected chi connectivity index (χ1v) is 13.4. The molecule has 8 nitrogen and oxygen atoms in total. The normalized spacial score (nSPS) is 22.9. The highest BCUT2D eigenvalue weighted by atomic mass is 32.2. The average Bonchev–Trinajstić information content (AvgIpc) is 3.20. The molecule has 0 aliphatic carbocycles. The van der Waals surface area contributed by atoms with Gasteiger partial charge >= 0.3 is 0 Å². The summed E-state index contributed by atoms with van der Waals surface area (Å²) in [5.74, 6) is 0.944. The molecular formula is C25H32N4O4S. The van der Waals surface area contributed by atoms with Crippen molar-refractivity contribution >= 4 is 21.1 Å². The van der Waals surface area contributed by atoms with E-state index in [1.54, 1.807) is 12.1 Å². The fraction of sp³-hybridized carbons (Fsp3) is 0.480. The zero-order chi connectivity index (χ0) is 23.7. The van der Waals surface area contributed by atoms with Crippen molar-refractivity contribution in [3.05, 3.63) is 59.9 Å². The number of morpholine rings is 2. The summed E-state index contributed by atoms with van der Waals surface area (Å²) in [6.45, 7) is 8.89. The summed E-state index contributed by atoms with van der Waals surface area (Å²) in [7, 11) is -3.56. The van der Waals surface area contributed by atoms with Gasteiger partial charge in [0.15, 0.2) is 0 Å². The summed E-state index contributed by atoms with van der Waals surface area (Å²) >= 11 is 0. The number of aryl methyl sites for hydroxylation is 1. The standard InChI is InChI=1S/C25H32N4O4S/c1-3-29-23-10-9-21(34(30,31)28-11-13-32-14-12-28)15-22(23)26-25(29)18-27-16-19(2)33-24(17-27)20-7-5-4-6-8-20/h4-10,15,19,24H,3,11-14,16-18H2,1-2H3. The van der Waals surface area contributed by atoms with Crippen LogP contribution in [0.1, 0.15) is 31.3 Å². The number of sulfonamides is 1. The number of aromatic nitrogens is 2. The van der Waals surface area contributed by atoms with Crippen LogP contribution in [0.4, 0.5) is 0 Å². The molecule has 2 aliphatic heterocycles. The molecule has 182 valence electrons. The Balaban J connectivity index is 1.41. The summed E-state index contributed by atoms with van der Waals surface area (Å²) in [4.78, 5) is 7.56. The molecule has 0 radical (unpaired) electrons. The van der Waals surface area contributed by atoms with E-state index in [2.05, 4.69) is 35.4 Å². The maximum atomic E-state index is 13.1. The molecule has 2 saturated heterocycles. The third-order valence-corrected chi connectivity index (χ3v) is 8.49. The largest absolute Gasteiger partial charge is 0.379 e. The van der Waals surface area contributed by atoms with Crippen molar-refractivity contribution < 1.29 is 17.9 Å². The number of imidazole rings is 1. The van der Waals surface area contributed by atoms with E-state index in [1.807, 2.05) is 24.3 Å². The second-order valence-corrected chi connectivity index (χ2v) is 10.9. The van der Waals surface area contributed by atoms with Gasteiger partial charge in [-0.1, -0.05) is 30.3 Å². The van der Waals surface area contributed by atoms with Gasteiger partial charge in [0.2, 0.25) is 10.0 Å². The molecule has 0 spiro atoms. The van der Waals surface area contributed by atoms with E-state index in [-0.39, 0.29) is 12.2 Å². The molecule has 3 aromatic rings. The first-order chi connectivity index (χ1) is 16.5. The maximum Gasteiger partial charge on any atom is 0.243 e. The Bertz CT molecular complexity index is 1240. The highest BCUT2D eigenvalue weighted by molar-refractivity contribution is 7.89. The molecule has 9 heteroatoms. The van der Waals surface area contributed by atoms with Gasteiger partial charge in [-0.05, 0) is 37.6 Å². The lowest BCUT2D eigenvalue weighted by Gasteiger charge is -2.36. The van der Waals surface area contributed by atoms with Crippen LogP contribution in [0.5, 0.6) is 0 Å². The molecule has 0 amide bonds. The van der Waals surface area contributed by atoms with Crippen LogP contribution in [0.2, 0.25) is 0 Å². The van der Waals surface area contributed by atoms with Gasteiger partial charge in [0.1, 0.15) is 5.82 Å². The Kier molecular flexibility index (Phi) is 6.72. The molecule has 3 heterocycles. The lowest BCUT2D eigenvalue weighted by Crippen LogP contribution is -2.42. The van der Waals surface area contributed by atoms with E-state index in [9.17, 15) is 8.42 Å². The summed E-state index contributed by atoms with van der Waals surface area (Å²) in [5.41, 5.74) is 2.85. The van der Waals surface area contributed by atoms with Crippen LogP contribution in [-0.2, 0) is 32.6 Å². The molecule has 2 aromatic carbocycles. The first-order valence-electron chi connectivity index (χ1n) is 12.0. The number of fused-ring (bicyclic) bond motifs is 1. The van der Waals surface area contributed by atoms with E-state index in [4.69, 9.17) is 14.5 Å². The third kappa shape index (κ3) is 4.63. The van der Waals surface area contributed by atoms with Gasteiger partial charge in [-0.3, -0.25) is 4.90 Å². The molecule has 0 bridgehead atoms. The van der Waals surface area contributed by atoms with E-state index in [1.165, 1.54) is 9.87 Å². The van der Waals surface area contributed by atoms with Crippen molar-refractivity contribution in [1.29, 1.82) is 0 Å². The van der Waals surface area contributed by atoms with Crippen molar-refractivity contribution in [3.63, 3.8) is 0 Å². The molecule has 0 N–H and O–H groups in total. The highest BCUT2D eigenvalue weighted by Gasteiger charge is 2.29. The SMILES string of the molecule is CCn1c(CN2CC(C)OC(c3ccccc3)C2)nc2cc(S(=O)(=O)N3CCOCC3)ccc21. The average molecular weight is 485 g/mol. The third-order valence-electron chi connectivity index (χ3n) is 6.60. The predicted octanol–water partition coefficient (Wildman–Crippen LogP) is 3.04. The molecule has 2 atom stereocenters. The topological polar surface area (TPSA) is 76.9 Å². The summed E-state index contributed by atoms with van der Waals surface area (Å²) in [6.07, 6.45) is 0.137. The Hall–Kier alpha value is -2.30. The summed E-state index contributed by atoms with van der Waals surface area (Å²) in [5, 5.41) is 0. The lowest BCUT2D eigenvalue weighted by molar-refractivity contribution is -0.0821. The molecule has 2 fully saturated rings. The Morgan fingerprint density at radius 3 is 2.56 bits per heavy atom. The van der Waals surface area contributed by atoms with E-state index < -0.39 is 10.0 Å². The number of rotatable bonds is 6. The molecule has 2 unspecified atom stereocenters. The second kappa shape index (κ2) is 9.75. The predicted molar refractivity (Wildman–Crippen MR) is 130 cm³/mol. The fourth-order valence-corrected chi connectivity index (χ4v) is 6.38. The zero-order valence-electron chi connectivity index (χ0n) is 19.8. The number of benzene rings is 2. The summed E-state index contributed by atoms with van der Waals surface area (Å²) < 4.78 is 41.5.